The van der Waals surface area contributed by atoms with Crippen molar-refractivity contribution in [3.8, 4) is 5.75 Å². The molecule has 0 saturated carbocycles. The van der Waals surface area contributed by atoms with Crippen molar-refractivity contribution in [3.63, 3.8) is 0 Å². The average molecular weight is 294 g/mol. The molecule has 7 heteroatoms. The lowest BCUT2D eigenvalue weighted by molar-refractivity contribution is 0.102. The van der Waals surface area contributed by atoms with Crippen LogP contribution in [0.15, 0.2) is 11.6 Å². The Bertz CT molecular complexity index is 603. The van der Waals surface area contributed by atoms with E-state index in [0.29, 0.717) is 30.1 Å². The van der Waals surface area contributed by atoms with Crippen LogP contribution in [0, 0.1) is 0 Å². The highest BCUT2D eigenvalue weighted by Gasteiger charge is 2.24. The SMILES string of the molecule is COc1cnn(C(C)C)c1C(=O)c1csc(CCN)n1. The molecular weight excluding hydrogens is 276 g/mol. The van der Waals surface area contributed by atoms with Gasteiger partial charge in [0.05, 0.1) is 18.3 Å². The lowest BCUT2D eigenvalue weighted by atomic mass is 10.2. The van der Waals surface area contributed by atoms with Gasteiger partial charge in [0.25, 0.3) is 0 Å². The van der Waals surface area contributed by atoms with Gasteiger partial charge in [0.15, 0.2) is 11.4 Å². The number of nitrogens with two attached hydrogens (primary N) is 1. The zero-order valence-electron chi connectivity index (χ0n) is 11.8. The van der Waals surface area contributed by atoms with Crippen LogP contribution in [0.2, 0.25) is 0 Å². The van der Waals surface area contributed by atoms with E-state index in [4.69, 9.17) is 10.5 Å². The maximum absolute atomic E-state index is 12.6. The van der Waals surface area contributed by atoms with Crippen LogP contribution in [-0.2, 0) is 6.42 Å². The second kappa shape index (κ2) is 6.15. The molecule has 2 heterocycles. The monoisotopic (exact) mass is 294 g/mol. The molecule has 0 bridgehead atoms. The Morgan fingerprint density at radius 2 is 2.30 bits per heavy atom. The van der Waals surface area contributed by atoms with Crippen LogP contribution in [0.1, 0.15) is 41.1 Å². The number of ether oxygens (including phenoxy) is 1. The summed E-state index contributed by atoms with van der Waals surface area (Å²) < 4.78 is 6.88. The van der Waals surface area contributed by atoms with Crippen molar-refractivity contribution in [1.29, 1.82) is 0 Å². The molecule has 0 aliphatic rings. The summed E-state index contributed by atoms with van der Waals surface area (Å²) in [5.41, 5.74) is 6.35. The Morgan fingerprint density at radius 3 is 2.90 bits per heavy atom. The summed E-state index contributed by atoms with van der Waals surface area (Å²) in [6.45, 7) is 4.45. The fourth-order valence-electron chi connectivity index (χ4n) is 1.88. The summed E-state index contributed by atoms with van der Waals surface area (Å²) in [7, 11) is 1.53. The Kier molecular flexibility index (Phi) is 4.51. The largest absolute Gasteiger partial charge is 0.493 e. The first kappa shape index (κ1) is 14.7. The molecule has 108 valence electrons. The highest BCUT2D eigenvalue weighted by atomic mass is 32.1. The number of methoxy groups -OCH3 is 1. The van der Waals surface area contributed by atoms with E-state index < -0.39 is 0 Å². The topological polar surface area (TPSA) is 83.0 Å². The van der Waals surface area contributed by atoms with Gasteiger partial charge < -0.3 is 10.5 Å². The van der Waals surface area contributed by atoms with Gasteiger partial charge in [-0.1, -0.05) is 0 Å². The Hall–Kier alpha value is -1.73. The molecule has 0 aliphatic carbocycles. The summed E-state index contributed by atoms with van der Waals surface area (Å²) in [6.07, 6.45) is 2.24. The minimum atomic E-state index is -0.174. The number of thiazole rings is 1. The van der Waals surface area contributed by atoms with E-state index in [1.54, 1.807) is 16.3 Å². The maximum Gasteiger partial charge on any atom is 0.234 e. The third-order valence-electron chi connectivity index (χ3n) is 2.83. The Balaban J connectivity index is 2.38. The van der Waals surface area contributed by atoms with E-state index in [1.165, 1.54) is 18.4 Å². The van der Waals surface area contributed by atoms with E-state index in [1.807, 2.05) is 13.8 Å². The number of hydrogen-bond acceptors (Lipinski definition) is 6. The highest BCUT2D eigenvalue weighted by Crippen LogP contribution is 2.24. The molecule has 2 aromatic rings. The molecule has 0 aliphatic heterocycles. The molecule has 0 spiro atoms. The average Bonchev–Trinajstić information content (AvgIpc) is 3.04. The lowest BCUT2D eigenvalue weighted by Crippen LogP contribution is -2.15. The summed E-state index contributed by atoms with van der Waals surface area (Å²) in [6, 6.07) is 0.0694. The van der Waals surface area contributed by atoms with Gasteiger partial charge >= 0.3 is 0 Å². The van der Waals surface area contributed by atoms with Crippen molar-refractivity contribution >= 4 is 17.1 Å². The van der Waals surface area contributed by atoms with Gasteiger partial charge in [-0.05, 0) is 20.4 Å². The van der Waals surface area contributed by atoms with Crippen LogP contribution in [0.3, 0.4) is 0 Å². The van der Waals surface area contributed by atoms with E-state index >= 15 is 0 Å². The highest BCUT2D eigenvalue weighted by molar-refractivity contribution is 7.09. The first-order chi connectivity index (χ1) is 9.58. The minimum absolute atomic E-state index is 0.0694. The molecule has 0 atom stereocenters. The van der Waals surface area contributed by atoms with Gasteiger partial charge in [0.2, 0.25) is 5.78 Å². The number of ketones is 1. The molecule has 2 rings (SSSR count). The maximum atomic E-state index is 12.6. The normalized spacial score (nSPS) is 11.1. The number of carbonyl (C=O) groups excluding carboxylic acids is 1. The summed E-state index contributed by atoms with van der Waals surface area (Å²) in [5, 5.41) is 6.82. The quantitative estimate of drug-likeness (QED) is 0.819. The third-order valence-corrected chi connectivity index (χ3v) is 3.74. The molecule has 2 aromatic heterocycles. The molecule has 0 radical (unpaired) electrons. The molecule has 0 amide bonds. The van der Waals surface area contributed by atoms with Gasteiger partial charge in [-0.25, -0.2) is 4.98 Å². The number of nitrogens with zero attached hydrogens (tertiary/aromatic N) is 3. The van der Waals surface area contributed by atoms with Crippen molar-refractivity contribution in [3.05, 3.63) is 28.0 Å². The summed E-state index contributed by atoms with van der Waals surface area (Å²) >= 11 is 1.45. The molecule has 20 heavy (non-hydrogen) atoms. The third kappa shape index (κ3) is 2.73. The summed E-state index contributed by atoms with van der Waals surface area (Å²) in [5.74, 6) is 0.296. The van der Waals surface area contributed by atoms with Gasteiger partial charge in [-0.3, -0.25) is 9.48 Å². The number of aromatic nitrogens is 3. The van der Waals surface area contributed by atoms with E-state index in [9.17, 15) is 4.79 Å². The van der Waals surface area contributed by atoms with Crippen LogP contribution in [0.25, 0.3) is 0 Å². The van der Waals surface area contributed by atoms with Crippen LogP contribution in [0.5, 0.6) is 5.75 Å². The van der Waals surface area contributed by atoms with Gasteiger partial charge in [-0.2, -0.15) is 5.10 Å². The molecule has 0 aromatic carbocycles. The number of hydrogen-bond donors (Lipinski definition) is 1. The minimum Gasteiger partial charge on any atom is -0.493 e. The van der Waals surface area contributed by atoms with Gasteiger partial charge in [0.1, 0.15) is 5.69 Å². The fourth-order valence-corrected chi connectivity index (χ4v) is 2.67. The standard InChI is InChI=1S/C13H18N4O2S/c1-8(2)17-12(10(19-3)6-15-17)13(18)9-7-20-11(16-9)4-5-14/h6-8H,4-5,14H2,1-3H3. The zero-order chi connectivity index (χ0) is 14.7. The van der Waals surface area contributed by atoms with Crippen molar-refractivity contribution in [2.75, 3.05) is 13.7 Å². The van der Waals surface area contributed by atoms with Crippen LogP contribution < -0.4 is 10.5 Å². The van der Waals surface area contributed by atoms with Gasteiger partial charge in [0, 0.05) is 17.8 Å². The molecular formula is C13H18N4O2S. The smallest absolute Gasteiger partial charge is 0.234 e. The predicted octanol–water partition coefficient (Wildman–Crippen LogP) is 1.66. The second-order valence-electron chi connectivity index (χ2n) is 4.59. The predicted molar refractivity (Wildman–Crippen MR) is 77.5 cm³/mol. The lowest BCUT2D eigenvalue weighted by Gasteiger charge is -2.10. The molecule has 0 fully saturated rings. The Morgan fingerprint density at radius 1 is 1.55 bits per heavy atom. The molecule has 0 unspecified atom stereocenters. The van der Waals surface area contributed by atoms with E-state index in [0.717, 1.165) is 5.01 Å². The zero-order valence-corrected chi connectivity index (χ0v) is 12.6. The molecule has 0 saturated heterocycles. The van der Waals surface area contributed by atoms with Crippen molar-refractivity contribution in [1.82, 2.24) is 14.8 Å². The van der Waals surface area contributed by atoms with Crippen LogP contribution in [0.4, 0.5) is 0 Å². The summed E-state index contributed by atoms with van der Waals surface area (Å²) in [4.78, 5) is 16.9. The molecule has 6 nitrogen and oxygen atoms in total. The first-order valence-corrected chi connectivity index (χ1v) is 7.27. The Labute approximate surface area is 121 Å². The second-order valence-corrected chi connectivity index (χ2v) is 5.54. The fraction of sp³-hybridized carbons (Fsp3) is 0.462. The van der Waals surface area contributed by atoms with E-state index in [-0.39, 0.29) is 11.8 Å². The number of carbonyl (C=O) groups is 1. The first-order valence-electron chi connectivity index (χ1n) is 6.39. The van der Waals surface area contributed by atoms with Gasteiger partial charge in [-0.15, -0.1) is 11.3 Å². The van der Waals surface area contributed by atoms with Crippen molar-refractivity contribution in [2.24, 2.45) is 5.73 Å². The number of rotatable bonds is 6. The molecule has 2 N–H and O–H groups in total. The van der Waals surface area contributed by atoms with Crippen LogP contribution >= 0.6 is 11.3 Å². The van der Waals surface area contributed by atoms with E-state index in [2.05, 4.69) is 10.1 Å². The van der Waals surface area contributed by atoms with Crippen molar-refractivity contribution in [2.45, 2.75) is 26.3 Å². The van der Waals surface area contributed by atoms with Crippen LogP contribution in [-0.4, -0.2) is 34.2 Å². The van der Waals surface area contributed by atoms with Crippen molar-refractivity contribution < 1.29 is 9.53 Å².